The first-order chi connectivity index (χ1) is 11.0. The summed E-state index contributed by atoms with van der Waals surface area (Å²) in [7, 11) is -3.42. The molecule has 0 aromatic heterocycles. The van der Waals surface area contributed by atoms with Crippen molar-refractivity contribution in [3.8, 4) is 0 Å². The Labute approximate surface area is 138 Å². The largest absolute Gasteiger partial charge is 0.382 e. The van der Waals surface area contributed by atoms with Crippen LogP contribution >= 0.6 is 0 Å². The van der Waals surface area contributed by atoms with Crippen molar-refractivity contribution >= 4 is 10.0 Å². The lowest BCUT2D eigenvalue weighted by Gasteiger charge is -2.49. The molecular weight excluding hydrogens is 314 g/mol. The average molecular weight is 339 g/mol. The molecule has 2 aliphatic heterocycles. The van der Waals surface area contributed by atoms with Crippen LogP contribution in [0.25, 0.3) is 0 Å². The number of hydrogen-bond donors (Lipinski definition) is 0. The molecule has 0 bridgehead atoms. The Hall–Kier alpha value is -0.950. The summed E-state index contributed by atoms with van der Waals surface area (Å²) in [6.07, 6.45) is 1.93. The lowest BCUT2D eigenvalue weighted by molar-refractivity contribution is -0.105. The van der Waals surface area contributed by atoms with E-state index in [2.05, 4.69) is 0 Å². The maximum atomic E-state index is 12.8. The normalized spacial score (nSPS) is 24.0. The van der Waals surface area contributed by atoms with Gasteiger partial charge in [-0.05, 0) is 44.2 Å². The van der Waals surface area contributed by atoms with Crippen molar-refractivity contribution in [1.29, 1.82) is 0 Å². The lowest BCUT2D eigenvalue weighted by atomic mass is 9.80. The number of ether oxygens (including phenoxy) is 2. The summed E-state index contributed by atoms with van der Waals surface area (Å²) in [5.74, 6) is 0.386. The van der Waals surface area contributed by atoms with Crippen LogP contribution in [0, 0.1) is 12.8 Å². The zero-order valence-corrected chi connectivity index (χ0v) is 14.6. The van der Waals surface area contributed by atoms with Gasteiger partial charge in [-0.15, -0.1) is 0 Å². The van der Waals surface area contributed by atoms with Gasteiger partial charge in [0.2, 0.25) is 10.0 Å². The van der Waals surface area contributed by atoms with Crippen LogP contribution < -0.4 is 0 Å². The third-order valence-electron chi connectivity index (χ3n) is 5.01. The van der Waals surface area contributed by atoms with Crippen LogP contribution in [0.5, 0.6) is 0 Å². The molecule has 2 aliphatic rings. The molecule has 1 atom stereocenters. The molecule has 2 fully saturated rings. The molecule has 128 valence electrons. The second-order valence-electron chi connectivity index (χ2n) is 6.42. The molecule has 1 spiro atoms. The van der Waals surface area contributed by atoms with Crippen LogP contribution in [-0.2, 0) is 19.5 Å². The van der Waals surface area contributed by atoms with Gasteiger partial charge in [-0.2, -0.15) is 4.31 Å². The minimum Gasteiger partial charge on any atom is -0.382 e. The van der Waals surface area contributed by atoms with Crippen molar-refractivity contribution in [3.63, 3.8) is 0 Å². The highest BCUT2D eigenvalue weighted by Gasteiger charge is 2.56. The molecule has 0 amide bonds. The van der Waals surface area contributed by atoms with Crippen molar-refractivity contribution in [2.24, 2.45) is 5.92 Å². The highest BCUT2D eigenvalue weighted by atomic mass is 32.2. The molecule has 0 N–H and O–H groups in total. The van der Waals surface area contributed by atoms with E-state index in [-0.39, 0.29) is 5.60 Å². The van der Waals surface area contributed by atoms with E-state index in [4.69, 9.17) is 9.47 Å². The highest BCUT2D eigenvalue weighted by molar-refractivity contribution is 7.89. The minimum atomic E-state index is -3.42. The first-order valence-corrected chi connectivity index (χ1v) is 9.71. The number of nitrogens with zero attached hydrogens (tertiary/aromatic N) is 1. The lowest BCUT2D eigenvalue weighted by Crippen LogP contribution is -2.66. The second kappa shape index (κ2) is 6.51. The first kappa shape index (κ1) is 16.9. The maximum absolute atomic E-state index is 12.8. The minimum absolute atomic E-state index is 0.299. The fraction of sp³-hybridized carbons (Fsp3) is 0.647. The van der Waals surface area contributed by atoms with E-state index in [0.717, 1.165) is 31.6 Å². The Morgan fingerprint density at radius 1 is 1.35 bits per heavy atom. The van der Waals surface area contributed by atoms with E-state index in [1.165, 1.54) is 0 Å². The SMILES string of the molecule is CCOCC[C@@H]1CCOC12CN(S(=O)(=O)c1ccccc1C)C2. The number of benzene rings is 1. The van der Waals surface area contributed by atoms with Gasteiger partial charge in [-0.3, -0.25) is 0 Å². The Bertz CT molecular complexity index is 652. The van der Waals surface area contributed by atoms with Gasteiger partial charge in [0.05, 0.1) is 10.5 Å². The molecule has 5 nitrogen and oxygen atoms in total. The summed E-state index contributed by atoms with van der Waals surface area (Å²) in [6, 6.07) is 7.14. The fourth-order valence-corrected chi connectivity index (χ4v) is 5.40. The van der Waals surface area contributed by atoms with E-state index >= 15 is 0 Å². The van der Waals surface area contributed by atoms with Crippen LogP contribution in [-0.4, -0.2) is 51.2 Å². The molecule has 6 heteroatoms. The summed E-state index contributed by atoms with van der Waals surface area (Å²) in [5.41, 5.74) is 0.487. The average Bonchev–Trinajstić information content (AvgIpc) is 2.90. The third-order valence-corrected chi connectivity index (χ3v) is 6.97. The molecule has 0 saturated carbocycles. The van der Waals surface area contributed by atoms with Crippen LogP contribution in [0.4, 0.5) is 0 Å². The van der Waals surface area contributed by atoms with Crippen molar-refractivity contribution in [2.75, 3.05) is 32.9 Å². The van der Waals surface area contributed by atoms with Crippen LogP contribution in [0.1, 0.15) is 25.3 Å². The zero-order valence-electron chi connectivity index (χ0n) is 13.8. The Morgan fingerprint density at radius 3 is 2.78 bits per heavy atom. The summed E-state index contributed by atoms with van der Waals surface area (Å²) in [5, 5.41) is 0. The van der Waals surface area contributed by atoms with E-state index in [1.807, 2.05) is 26.0 Å². The Kier molecular flexibility index (Phi) is 4.78. The van der Waals surface area contributed by atoms with Gasteiger partial charge in [0.15, 0.2) is 0 Å². The first-order valence-electron chi connectivity index (χ1n) is 8.27. The molecule has 2 saturated heterocycles. The topological polar surface area (TPSA) is 55.8 Å². The summed E-state index contributed by atoms with van der Waals surface area (Å²) >= 11 is 0. The second-order valence-corrected chi connectivity index (χ2v) is 8.33. The van der Waals surface area contributed by atoms with Crippen molar-refractivity contribution in [2.45, 2.75) is 37.2 Å². The molecule has 1 aromatic carbocycles. The van der Waals surface area contributed by atoms with Gasteiger partial charge in [0.25, 0.3) is 0 Å². The van der Waals surface area contributed by atoms with E-state index in [0.29, 0.717) is 30.5 Å². The highest BCUT2D eigenvalue weighted by Crippen LogP contribution is 2.43. The molecule has 0 aliphatic carbocycles. The summed E-state index contributed by atoms with van der Waals surface area (Å²) < 4.78 is 38.5. The summed E-state index contributed by atoms with van der Waals surface area (Å²) in [6.45, 7) is 6.89. The molecule has 0 radical (unpaired) electrons. The van der Waals surface area contributed by atoms with Gasteiger partial charge in [-0.25, -0.2) is 8.42 Å². The smallest absolute Gasteiger partial charge is 0.243 e. The predicted octanol–water partition coefficient (Wildman–Crippen LogP) is 2.20. The number of sulfonamides is 1. The van der Waals surface area contributed by atoms with Gasteiger partial charge in [0.1, 0.15) is 0 Å². The van der Waals surface area contributed by atoms with Gasteiger partial charge in [-0.1, -0.05) is 18.2 Å². The molecular formula is C17H25NO4S. The predicted molar refractivity (Wildman–Crippen MR) is 87.8 cm³/mol. The van der Waals surface area contributed by atoms with E-state index in [9.17, 15) is 8.42 Å². The van der Waals surface area contributed by atoms with Crippen molar-refractivity contribution in [1.82, 2.24) is 4.31 Å². The van der Waals surface area contributed by atoms with Crippen LogP contribution in [0.3, 0.4) is 0 Å². The Balaban J connectivity index is 1.69. The monoisotopic (exact) mass is 339 g/mol. The molecule has 3 rings (SSSR count). The molecule has 0 unspecified atom stereocenters. The molecule has 1 aromatic rings. The van der Waals surface area contributed by atoms with Crippen molar-refractivity contribution in [3.05, 3.63) is 29.8 Å². The maximum Gasteiger partial charge on any atom is 0.243 e. The fourth-order valence-electron chi connectivity index (χ4n) is 3.62. The van der Waals surface area contributed by atoms with Gasteiger partial charge in [0, 0.05) is 32.9 Å². The Morgan fingerprint density at radius 2 is 2.09 bits per heavy atom. The van der Waals surface area contributed by atoms with Crippen LogP contribution in [0.15, 0.2) is 29.2 Å². The number of hydrogen-bond acceptors (Lipinski definition) is 4. The zero-order chi connectivity index (χ0) is 16.5. The summed E-state index contributed by atoms with van der Waals surface area (Å²) in [4.78, 5) is 0.402. The molecule has 2 heterocycles. The standard InChI is InChI=1S/C17H25NO4S/c1-3-21-10-8-15-9-11-22-17(15)12-18(13-17)23(19,20)16-7-5-4-6-14(16)2/h4-7,15H,3,8-13H2,1-2H3/t15-/m1/s1. The van der Waals surface area contributed by atoms with Gasteiger partial charge < -0.3 is 9.47 Å². The third kappa shape index (κ3) is 3.05. The number of rotatable bonds is 6. The molecule has 23 heavy (non-hydrogen) atoms. The number of aryl methyl sites for hydroxylation is 1. The van der Waals surface area contributed by atoms with Gasteiger partial charge >= 0.3 is 0 Å². The van der Waals surface area contributed by atoms with Crippen molar-refractivity contribution < 1.29 is 17.9 Å². The van der Waals surface area contributed by atoms with Crippen LogP contribution in [0.2, 0.25) is 0 Å². The quantitative estimate of drug-likeness (QED) is 0.746. The van der Waals surface area contributed by atoms with E-state index in [1.54, 1.807) is 16.4 Å². The van der Waals surface area contributed by atoms with E-state index < -0.39 is 10.0 Å².